The van der Waals surface area contributed by atoms with Gasteiger partial charge in [0.05, 0.1) is 4.92 Å². The van der Waals surface area contributed by atoms with Gasteiger partial charge in [-0.3, -0.25) is 19.7 Å². The first-order valence-electron chi connectivity index (χ1n) is 10.3. The summed E-state index contributed by atoms with van der Waals surface area (Å²) >= 11 is 0. The van der Waals surface area contributed by atoms with E-state index in [2.05, 4.69) is 0 Å². The van der Waals surface area contributed by atoms with Crippen molar-refractivity contribution in [1.82, 2.24) is 9.80 Å². The van der Waals surface area contributed by atoms with Crippen LogP contribution in [-0.2, 0) is 9.59 Å². The molecule has 1 saturated heterocycles. The molecule has 1 atom stereocenters. The fraction of sp³-hybridized carbons (Fsp3) is 0.364. The lowest BCUT2D eigenvalue weighted by molar-refractivity contribution is -0.385. The predicted molar refractivity (Wildman–Crippen MR) is 113 cm³/mol. The number of nitro groups is 1. The molecule has 0 bridgehead atoms. The summed E-state index contributed by atoms with van der Waals surface area (Å²) in [4.78, 5) is 39.2. The van der Waals surface area contributed by atoms with Crippen molar-refractivity contribution in [2.24, 2.45) is 0 Å². The van der Waals surface area contributed by atoms with Crippen LogP contribution in [0.15, 0.2) is 42.5 Å². The quantitative estimate of drug-likeness (QED) is 0.514. The van der Waals surface area contributed by atoms with Gasteiger partial charge in [-0.25, -0.2) is 0 Å². The molecule has 168 valence electrons. The van der Waals surface area contributed by atoms with Crippen LogP contribution in [0.3, 0.4) is 0 Å². The molecule has 2 aromatic carbocycles. The second kappa shape index (κ2) is 9.13. The first-order chi connectivity index (χ1) is 15.4. The number of rotatable bonds is 5. The Morgan fingerprint density at radius 3 is 2.50 bits per heavy atom. The fourth-order valence-electron chi connectivity index (χ4n) is 3.64. The van der Waals surface area contributed by atoms with E-state index >= 15 is 0 Å². The summed E-state index contributed by atoms with van der Waals surface area (Å²) in [7, 11) is 0. The normalized spacial score (nSPS) is 17.6. The number of nitro benzene ring substituents is 1. The Kier molecular flexibility index (Phi) is 6.11. The van der Waals surface area contributed by atoms with E-state index in [-0.39, 0.29) is 36.5 Å². The average Bonchev–Trinajstić information content (AvgIpc) is 2.81. The summed E-state index contributed by atoms with van der Waals surface area (Å²) in [6.07, 6.45) is -0.725. The number of fused-ring (bicyclic) bond motifs is 1. The molecule has 4 rings (SSSR count). The Bertz CT molecular complexity index is 1030. The summed E-state index contributed by atoms with van der Waals surface area (Å²) in [5.41, 5.74) is 0.608. The molecule has 2 aliphatic heterocycles. The molecule has 2 heterocycles. The lowest BCUT2D eigenvalue weighted by atomic mass is 10.2. The zero-order chi connectivity index (χ0) is 22.7. The van der Waals surface area contributed by atoms with Crippen LogP contribution in [0.2, 0.25) is 0 Å². The number of aryl methyl sites for hydroxylation is 1. The van der Waals surface area contributed by atoms with Crippen LogP contribution in [0, 0.1) is 17.0 Å². The Morgan fingerprint density at radius 1 is 1.09 bits per heavy atom. The van der Waals surface area contributed by atoms with Gasteiger partial charge in [0.15, 0.2) is 23.9 Å². The highest BCUT2D eigenvalue weighted by atomic mass is 16.6. The molecule has 32 heavy (non-hydrogen) atoms. The molecule has 0 aromatic heterocycles. The van der Waals surface area contributed by atoms with E-state index in [0.717, 1.165) is 5.56 Å². The van der Waals surface area contributed by atoms with Crippen molar-refractivity contribution in [3.05, 3.63) is 58.1 Å². The highest BCUT2D eigenvalue weighted by molar-refractivity contribution is 5.83. The van der Waals surface area contributed by atoms with Gasteiger partial charge in [0.1, 0.15) is 6.61 Å². The summed E-state index contributed by atoms with van der Waals surface area (Å²) in [6, 6.07) is 11.7. The maximum atomic E-state index is 12.8. The number of nitrogens with zero attached hydrogens (tertiary/aromatic N) is 3. The second-order valence-electron chi connectivity index (χ2n) is 7.59. The second-order valence-corrected chi connectivity index (χ2v) is 7.59. The van der Waals surface area contributed by atoms with Gasteiger partial charge in [-0.2, -0.15) is 0 Å². The molecule has 10 nitrogen and oxygen atoms in total. The molecule has 2 aliphatic rings. The van der Waals surface area contributed by atoms with Crippen LogP contribution in [0.1, 0.15) is 5.56 Å². The standard InChI is InChI=1S/C22H23N3O7/c1-15-6-7-16(25(28)29)19(12-15)31-14-21(26)23-8-10-24(11-9-23)22(27)20-13-30-17-4-2-3-5-18(17)32-20/h2-7,12,20H,8-11,13-14H2,1H3. The summed E-state index contributed by atoms with van der Waals surface area (Å²) in [5, 5.41) is 11.2. The molecule has 0 radical (unpaired) electrons. The topological polar surface area (TPSA) is 111 Å². The van der Waals surface area contributed by atoms with Crippen LogP contribution in [0.5, 0.6) is 17.2 Å². The van der Waals surface area contributed by atoms with Crippen molar-refractivity contribution in [3.8, 4) is 17.2 Å². The van der Waals surface area contributed by atoms with Crippen molar-refractivity contribution >= 4 is 17.5 Å². The van der Waals surface area contributed by atoms with Gasteiger partial charge < -0.3 is 24.0 Å². The number of para-hydroxylation sites is 2. The largest absolute Gasteiger partial charge is 0.485 e. The summed E-state index contributed by atoms with van der Waals surface area (Å²) in [5.74, 6) is 0.735. The maximum Gasteiger partial charge on any atom is 0.310 e. The third-order valence-electron chi connectivity index (χ3n) is 5.39. The minimum Gasteiger partial charge on any atom is -0.485 e. The number of carbonyl (C=O) groups excluding carboxylic acids is 2. The van der Waals surface area contributed by atoms with E-state index in [0.29, 0.717) is 37.7 Å². The zero-order valence-electron chi connectivity index (χ0n) is 17.6. The third kappa shape index (κ3) is 4.58. The first-order valence-corrected chi connectivity index (χ1v) is 10.3. The zero-order valence-corrected chi connectivity index (χ0v) is 17.6. The van der Waals surface area contributed by atoms with Gasteiger partial charge in [0.2, 0.25) is 6.10 Å². The SMILES string of the molecule is Cc1ccc([N+](=O)[O-])c(OCC(=O)N2CCN(C(=O)C3COc4ccccc4O3)CC2)c1. The van der Waals surface area contributed by atoms with Crippen LogP contribution in [-0.4, -0.2) is 72.0 Å². The molecular formula is C22H23N3O7. The van der Waals surface area contributed by atoms with Crippen molar-refractivity contribution in [2.45, 2.75) is 13.0 Å². The Morgan fingerprint density at radius 2 is 1.78 bits per heavy atom. The van der Waals surface area contributed by atoms with Gasteiger partial charge in [-0.15, -0.1) is 0 Å². The van der Waals surface area contributed by atoms with E-state index < -0.39 is 11.0 Å². The number of hydrogen-bond donors (Lipinski definition) is 0. The molecule has 0 spiro atoms. The molecule has 1 unspecified atom stereocenters. The summed E-state index contributed by atoms with van der Waals surface area (Å²) < 4.78 is 16.8. The molecule has 10 heteroatoms. The van der Waals surface area contributed by atoms with Crippen molar-refractivity contribution < 1.29 is 28.7 Å². The van der Waals surface area contributed by atoms with E-state index in [1.165, 1.54) is 12.1 Å². The number of hydrogen-bond acceptors (Lipinski definition) is 7. The minimum atomic E-state index is -0.725. The van der Waals surface area contributed by atoms with Crippen molar-refractivity contribution in [2.75, 3.05) is 39.4 Å². The highest BCUT2D eigenvalue weighted by Gasteiger charge is 2.33. The number of benzene rings is 2. The Labute approximate surface area is 184 Å². The number of amides is 2. The Hall–Kier alpha value is -3.82. The third-order valence-corrected chi connectivity index (χ3v) is 5.39. The molecule has 0 aliphatic carbocycles. The van der Waals surface area contributed by atoms with E-state index in [1.807, 2.05) is 12.1 Å². The lowest BCUT2D eigenvalue weighted by Gasteiger charge is -2.37. The van der Waals surface area contributed by atoms with E-state index in [4.69, 9.17) is 14.2 Å². The monoisotopic (exact) mass is 441 g/mol. The van der Waals surface area contributed by atoms with Gasteiger partial charge >= 0.3 is 5.69 Å². The van der Waals surface area contributed by atoms with Gasteiger partial charge in [-0.1, -0.05) is 18.2 Å². The van der Waals surface area contributed by atoms with Crippen LogP contribution in [0.25, 0.3) is 0 Å². The lowest BCUT2D eigenvalue weighted by Crippen LogP contribution is -2.55. The Balaban J connectivity index is 1.28. The van der Waals surface area contributed by atoms with Gasteiger partial charge in [-0.05, 0) is 30.7 Å². The first kappa shape index (κ1) is 21.4. The van der Waals surface area contributed by atoms with Crippen LogP contribution < -0.4 is 14.2 Å². The molecular weight excluding hydrogens is 418 g/mol. The maximum absolute atomic E-state index is 12.8. The van der Waals surface area contributed by atoms with Crippen LogP contribution >= 0.6 is 0 Å². The average molecular weight is 441 g/mol. The van der Waals surface area contributed by atoms with Gasteiger partial charge in [0.25, 0.3) is 11.8 Å². The number of carbonyl (C=O) groups is 2. The molecule has 2 aromatic rings. The molecule has 1 fully saturated rings. The van der Waals surface area contributed by atoms with E-state index in [1.54, 1.807) is 34.9 Å². The number of ether oxygens (including phenoxy) is 3. The molecule has 0 saturated carbocycles. The van der Waals surface area contributed by atoms with Gasteiger partial charge in [0, 0.05) is 32.2 Å². The molecule has 2 amide bonds. The molecule has 0 N–H and O–H groups in total. The number of piperazine rings is 1. The highest BCUT2D eigenvalue weighted by Crippen LogP contribution is 2.31. The van der Waals surface area contributed by atoms with E-state index in [9.17, 15) is 19.7 Å². The van der Waals surface area contributed by atoms with Crippen molar-refractivity contribution in [3.63, 3.8) is 0 Å². The minimum absolute atomic E-state index is 0.0619. The fourth-order valence-corrected chi connectivity index (χ4v) is 3.64. The van der Waals surface area contributed by atoms with Crippen molar-refractivity contribution in [1.29, 1.82) is 0 Å². The van der Waals surface area contributed by atoms with Crippen LogP contribution in [0.4, 0.5) is 5.69 Å². The summed E-state index contributed by atoms with van der Waals surface area (Å²) in [6.45, 7) is 3.01. The smallest absolute Gasteiger partial charge is 0.310 e. The predicted octanol–water partition coefficient (Wildman–Crippen LogP) is 1.79.